The van der Waals surface area contributed by atoms with E-state index in [0.29, 0.717) is 6.61 Å². The lowest BCUT2D eigenvalue weighted by Crippen LogP contribution is -2.08. The first-order valence-electron chi connectivity index (χ1n) is 5.78. The third-order valence-electron chi connectivity index (χ3n) is 2.71. The van der Waals surface area contributed by atoms with Crippen molar-refractivity contribution in [2.24, 2.45) is 5.73 Å². The van der Waals surface area contributed by atoms with Crippen LogP contribution in [-0.2, 0) is 6.61 Å². The summed E-state index contributed by atoms with van der Waals surface area (Å²) in [4.78, 5) is 1.19. The van der Waals surface area contributed by atoms with Crippen LogP contribution in [0.5, 0.6) is 5.75 Å². The van der Waals surface area contributed by atoms with Gasteiger partial charge in [0.2, 0.25) is 0 Å². The van der Waals surface area contributed by atoms with Gasteiger partial charge in [-0.15, -0.1) is 11.3 Å². The lowest BCUT2D eigenvalue weighted by Gasteiger charge is -2.14. The molecule has 4 heteroatoms. The van der Waals surface area contributed by atoms with Crippen LogP contribution in [0.2, 0.25) is 0 Å². The van der Waals surface area contributed by atoms with Crippen LogP contribution in [0.1, 0.15) is 29.0 Å². The average molecular weight is 326 g/mol. The Balaban J connectivity index is 2.18. The summed E-state index contributed by atoms with van der Waals surface area (Å²) in [5.41, 5.74) is 8.19. The Morgan fingerprint density at radius 2 is 2.17 bits per heavy atom. The van der Waals surface area contributed by atoms with Crippen LogP contribution < -0.4 is 10.5 Å². The van der Waals surface area contributed by atoms with Crippen molar-refractivity contribution in [2.45, 2.75) is 26.5 Å². The second-order valence-electron chi connectivity index (χ2n) is 4.31. The number of aryl methyl sites for hydroxylation is 1. The van der Waals surface area contributed by atoms with Crippen LogP contribution in [0.15, 0.2) is 34.1 Å². The zero-order chi connectivity index (χ0) is 13.1. The Labute approximate surface area is 120 Å². The van der Waals surface area contributed by atoms with Crippen molar-refractivity contribution < 1.29 is 4.74 Å². The molecule has 2 aromatic rings. The molecular weight excluding hydrogens is 310 g/mol. The van der Waals surface area contributed by atoms with Gasteiger partial charge in [0.1, 0.15) is 12.4 Å². The number of thiophene rings is 1. The Hall–Kier alpha value is -0.840. The maximum absolute atomic E-state index is 5.96. The van der Waals surface area contributed by atoms with Gasteiger partial charge < -0.3 is 10.5 Å². The molecule has 0 amide bonds. The molecule has 2 nitrogen and oxygen atoms in total. The van der Waals surface area contributed by atoms with Gasteiger partial charge in [0.15, 0.2) is 0 Å². The molecule has 0 saturated heterocycles. The van der Waals surface area contributed by atoms with Crippen molar-refractivity contribution >= 4 is 27.3 Å². The summed E-state index contributed by atoms with van der Waals surface area (Å²) in [6.07, 6.45) is 0. The van der Waals surface area contributed by atoms with Crippen LogP contribution in [0.3, 0.4) is 0 Å². The van der Waals surface area contributed by atoms with E-state index in [2.05, 4.69) is 28.9 Å². The van der Waals surface area contributed by atoms with Gasteiger partial charge in [-0.3, -0.25) is 0 Å². The van der Waals surface area contributed by atoms with E-state index >= 15 is 0 Å². The molecular formula is C14H16BrNOS. The van der Waals surface area contributed by atoms with E-state index in [1.807, 2.05) is 30.5 Å². The van der Waals surface area contributed by atoms with Gasteiger partial charge in [0.05, 0.1) is 4.88 Å². The maximum Gasteiger partial charge on any atom is 0.124 e. The van der Waals surface area contributed by atoms with Gasteiger partial charge in [-0.05, 0) is 52.9 Å². The fourth-order valence-corrected chi connectivity index (χ4v) is 3.09. The largest absolute Gasteiger partial charge is 0.488 e. The highest BCUT2D eigenvalue weighted by atomic mass is 79.9. The molecule has 2 N–H and O–H groups in total. The molecule has 1 aromatic carbocycles. The smallest absolute Gasteiger partial charge is 0.124 e. The summed E-state index contributed by atoms with van der Waals surface area (Å²) in [6, 6.07) is 8.16. The molecule has 0 aliphatic carbocycles. The fourth-order valence-electron chi connectivity index (χ4n) is 1.71. The summed E-state index contributed by atoms with van der Waals surface area (Å²) in [5, 5.41) is 2.05. The minimum Gasteiger partial charge on any atom is -0.488 e. The molecule has 1 aromatic heterocycles. The number of benzene rings is 1. The standard InChI is InChI=1S/C14H16BrNOS/c1-9-3-4-11(10(2)16)13(7-9)17-8-14-12(15)5-6-18-14/h3-7,10H,8,16H2,1-2H3. The van der Waals surface area contributed by atoms with Gasteiger partial charge >= 0.3 is 0 Å². The third-order valence-corrected chi connectivity index (χ3v) is 4.61. The van der Waals surface area contributed by atoms with Crippen LogP contribution in [-0.4, -0.2) is 0 Å². The average Bonchev–Trinajstić information content (AvgIpc) is 2.72. The number of hydrogen-bond acceptors (Lipinski definition) is 3. The van der Waals surface area contributed by atoms with Crippen LogP contribution >= 0.6 is 27.3 Å². The summed E-state index contributed by atoms with van der Waals surface area (Å²) in [7, 11) is 0. The van der Waals surface area contributed by atoms with Gasteiger partial charge in [-0.1, -0.05) is 12.1 Å². The predicted molar refractivity (Wildman–Crippen MR) is 80.1 cm³/mol. The second-order valence-corrected chi connectivity index (χ2v) is 6.17. The highest BCUT2D eigenvalue weighted by Crippen LogP contribution is 2.28. The number of halogens is 1. The molecule has 0 fully saturated rings. The zero-order valence-electron chi connectivity index (χ0n) is 10.4. The molecule has 1 heterocycles. The molecule has 96 valence electrons. The number of nitrogens with two attached hydrogens (primary N) is 1. The maximum atomic E-state index is 5.96. The van der Waals surface area contributed by atoms with Gasteiger partial charge in [-0.2, -0.15) is 0 Å². The minimum atomic E-state index is -0.0209. The molecule has 0 aliphatic rings. The number of ether oxygens (including phenoxy) is 1. The second kappa shape index (κ2) is 5.87. The van der Waals surface area contributed by atoms with Crippen LogP contribution in [0, 0.1) is 6.92 Å². The number of rotatable bonds is 4. The van der Waals surface area contributed by atoms with E-state index in [9.17, 15) is 0 Å². The first-order valence-corrected chi connectivity index (χ1v) is 7.46. The topological polar surface area (TPSA) is 35.2 Å². The summed E-state index contributed by atoms with van der Waals surface area (Å²) < 4.78 is 7.00. The third kappa shape index (κ3) is 3.13. The number of hydrogen-bond donors (Lipinski definition) is 1. The van der Waals surface area contributed by atoms with Crippen molar-refractivity contribution in [1.29, 1.82) is 0 Å². The van der Waals surface area contributed by atoms with E-state index in [0.717, 1.165) is 15.8 Å². The van der Waals surface area contributed by atoms with Gasteiger partial charge in [-0.25, -0.2) is 0 Å². The van der Waals surface area contributed by atoms with E-state index in [1.165, 1.54) is 10.4 Å². The normalized spacial score (nSPS) is 12.4. The minimum absolute atomic E-state index is 0.0209. The van der Waals surface area contributed by atoms with Crippen LogP contribution in [0.4, 0.5) is 0 Å². The SMILES string of the molecule is Cc1ccc(C(C)N)c(OCc2sccc2Br)c1. The molecule has 0 radical (unpaired) electrons. The lowest BCUT2D eigenvalue weighted by molar-refractivity contribution is 0.304. The Morgan fingerprint density at radius 3 is 2.78 bits per heavy atom. The molecule has 18 heavy (non-hydrogen) atoms. The van der Waals surface area contributed by atoms with Crippen LogP contribution in [0.25, 0.3) is 0 Å². The van der Waals surface area contributed by atoms with E-state index in [-0.39, 0.29) is 6.04 Å². The van der Waals surface area contributed by atoms with Crippen molar-refractivity contribution in [3.05, 3.63) is 50.1 Å². The Bertz CT molecular complexity index is 536. The summed E-state index contributed by atoms with van der Waals surface area (Å²) in [5.74, 6) is 0.880. The summed E-state index contributed by atoms with van der Waals surface area (Å²) >= 11 is 5.19. The molecule has 0 bridgehead atoms. The quantitative estimate of drug-likeness (QED) is 0.903. The van der Waals surface area contributed by atoms with Crippen molar-refractivity contribution in [2.75, 3.05) is 0 Å². The first-order chi connectivity index (χ1) is 8.58. The highest BCUT2D eigenvalue weighted by Gasteiger charge is 2.09. The predicted octanol–water partition coefficient (Wildman–Crippen LogP) is 4.42. The van der Waals surface area contributed by atoms with E-state index in [1.54, 1.807) is 11.3 Å². The molecule has 0 spiro atoms. The molecule has 2 rings (SSSR count). The molecule has 1 unspecified atom stereocenters. The monoisotopic (exact) mass is 325 g/mol. The zero-order valence-corrected chi connectivity index (χ0v) is 12.8. The van der Waals surface area contributed by atoms with Crippen molar-refractivity contribution in [1.82, 2.24) is 0 Å². The van der Waals surface area contributed by atoms with Crippen molar-refractivity contribution in [3.8, 4) is 5.75 Å². The molecule has 1 atom stereocenters. The van der Waals surface area contributed by atoms with E-state index in [4.69, 9.17) is 10.5 Å². The highest BCUT2D eigenvalue weighted by molar-refractivity contribution is 9.10. The molecule has 0 aliphatic heterocycles. The van der Waals surface area contributed by atoms with Gasteiger partial charge in [0, 0.05) is 16.1 Å². The van der Waals surface area contributed by atoms with E-state index < -0.39 is 0 Å². The Morgan fingerprint density at radius 1 is 1.39 bits per heavy atom. The fraction of sp³-hybridized carbons (Fsp3) is 0.286. The lowest BCUT2D eigenvalue weighted by atomic mass is 10.1. The first kappa shape index (κ1) is 13.6. The Kier molecular flexibility index (Phi) is 4.43. The summed E-state index contributed by atoms with van der Waals surface area (Å²) in [6.45, 7) is 4.60. The molecule has 0 saturated carbocycles. The van der Waals surface area contributed by atoms with Gasteiger partial charge in [0.25, 0.3) is 0 Å². The van der Waals surface area contributed by atoms with Crippen molar-refractivity contribution in [3.63, 3.8) is 0 Å².